The van der Waals surface area contributed by atoms with Gasteiger partial charge in [0, 0.05) is 20.4 Å². The second kappa shape index (κ2) is 8.52. The molecule has 0 unspecified atom stereocenters. The van der Waals surface area contributed by atoms with Crippen LogP contribution >= 0.6 is 23.4 Å². The molecule has 4 aromatic carbocycles. The maximum Gasteiger partial charge on any atom is 0.353 e. The summed E-state index contributed by atoms with van der Waals surface area (Å²) in [6, 6.07) is 33.4. The van der Waals surface area contributed by atoms with E-state index in [9.17, 15) is 4.79 Å². The Balaban J connectivity index is 1.50. The zero-order chi connectivity index (χ0) is 23.1. The standard InChI is InChI=1S/C28H18ClN3OS/c29-20-13-10-18(11-14-20)25-17-23(31-28(33)32(25)21-6-2-1-3-7-21)19-12-15-27-24(16-19)30-22-8-4-5-9-26(22)34-27/h1-17,30H. The molecule has 0 fully saturated rings. The summed E-state index contributed by atoms with van der Waals surface area (Å²) in [4.78, 5) is 20.1. The van der Waals surface area contributed by atoms with Crippen molar-refractivity contribution in [3.05, 3.63) is 119 Å². The van der Waals surface area contributed by atoms with Gasteiger partial charge in [-0.3, -0.25) is 4.57 Å². The molecule has 5 aromatic rings. The number of aromatic nitrogens is 2. The molecule has 1 N–H and O–H groups in total. The summed E-state index contributed by atoms with van der Waals surface area (Å²) in [6.45, 7) is 0. The summed E-state index contributed by atoms with van der Waals surface area (Å²) in [6.07, 6.45) is 0. The van der Waals surface area contributed by atoms with Crippen molar-refractivity contribution in [3.8, 4) is 28.2 Å². The molecule has 1 aromatic heterocycles. The van der Waals surface area contributed by atoms with Gasteiger partial charge in [-0.1, -0.05) is 71.9 Å². The molecule has 6 heteroatoms. The van der Waals surface area contributed by atoms with Crippen molar-refractivity contribution >= 4 is 34.7 Å². The maximum atomic E-state index is 13.3. The number of hydrogen-bond acceptors (Lipinski definition) is 4. The minimum Gasteiger partial charge on any atom is -0.354 e. The SMILES string of the molecule is O=c1nc(-c2ccc3c(c2)Nc2ccccc2S3)cc(-c2ccc(Cl)cc2)n1-c1ccccc1. The number of rotatable bonds is 3. The van der Waals surface area contributed by atoms with E-state index in [1.165, 1.54) is 4.90 Å². The fourth-order valence-corrected chi connectivity index (χ4v) is 5.18. The predicted octanol–water partition coefficient (Wildman–Crippen LogP) is 7.43. The number of nitrogens with one attached hydrogen (secondary N) is 1. The van der Waals surface area contributed by atoms with Crippen molar-refractivity contribution in [1.29, 1.82) is 0 Å². The first-order valence-corrected chi connectivity index (χ1v) is 12.0. The molecule has 1 aliphatic rings. The number of fused-ring (bicyclic) bond motifs is 2. The molecule has 1 aliphatic heterocycles. The number of hydrogen-bond donors (Lipinski definition) is 1. The van der Waals surface area contributed by atoms with E-state index in [0.717, 1.165) is 38.8 Å². The first-order chi connectivity index (χ1) is 16.7. The third-order valence-corrected chi connectivity index (χ3v) is 7.13. The van der Waals surface area contributed by atoms with Crippen LogP contribution in [0.1, 0.15) is 0 Å². The zero-order valence-corrected chi connectivity index (χ0v) is 19.5. The molecule has 6 rings (SSSR count). The van der Waals surface area contributed by atoms with Gasteiger partial charge < -0.3 is 5.32 Å². The van der Waals surface area contributed by atoms with E-state index < -0.39 is 0 Å². The van der Waals surface area contributed by atoms with Gasteiger partial charge in [0.2, 0.25) is 0 Å². The van der Waals surface area contributed by atoms with Crippen molar-refractivity contribution in [3.63, 3.8) is 0 Å². The van der Waals surface area contributed by atoms with Crippen LogP contribution in [0.2, 0.25) is 5.02 Å². The lowest BCUT2D eigenvalue weighted by molar-refractivity contribution is 0.926. The van der Waals surface area contributed by atoms with E-state index in [4.69, 9.17) is 11.6 Å². The molecule has 0 atom stereocenters. The van der Waals surface area contributed by atoms with Crippen LogP contribution in [0.25, 0.3) is 28.2 Å². The van der Waals surface area contributed by atoms with Gasteiger partial charge in [-0.25, -0.2) is 4.79 Å². The summed E-state index contributed by atoms with van der Waals surface area (Å²) in [5.74, 6) is 0. The lowest BCUT2D eigenvalue weighted by Crippen LogP contribution is -2.23. The molecule has 34 heavy (non-hydrogen) atoms. The van der Waals surface area contributed by atoms with Crippen molar-refractivity contribution in [1.82, 2.24) is 9.55 Å². The third kappa shape index (κ3) is 3.79. The average molecular weight is 480 g/mol. The minimum absolute atomic E-state index is 0.334. The van der Waals surface area contributed by atoms with E-state index >= 15 is 0 Å². The first-order valence-electron chi connectivity index (χ1n) is 10.8. The molecule has 2 heterocycles. The molecule has 0 bridgehead atoms. The molecule has 4 nitrogen and oxygen atoms in total. The maximum absolute atomic E-state index is 13.3. The molecular weight excluding hydrogens is 462 g/mol. The predicted molar refractivity (Wildman–Crippen MR) is 140 cm³/mol. The second-order valence-corrected chi connectivity index (χ2v) is 9.44. The number of anilines is 2. The summed E-state index contributed by atoms with van der Waals surface area (Å²) in [5, 5.41) is 4.15. The van der Waals surface area contributed by atoms with E-state index in [1.54, 1.807) is 16.3 Å². The Morgan fingerprint density at radius 1 is 0.735 bits per heavy atom. The van der Waals surface area contributed by atoms with Crippen LogP contribution in [-0.2, 0) is 0 Å². The molecule has 0 spiro atoms. The Labute approximate surface area is 205 Å². The summed E-state index contributed by atoms with van der Waals surface area (Å²) >= 11 is 7.86. The summed E-state index contributed by atoms with van der Waals surface area (Å²) in [7, 11) is 0. The topological polar surface area (TPSA) is 46.9 Å². The highest BCUT2D eigenvalue weighted by Gasteiger charge is 2.18. The van der Waals surface area contributed by atoms with Crippen LogP contribution in [0.15, 0.2) is 118 Å². The zero-order valence-electron chi connectivity index (χ0n) is 17.9. The molecule has 164 valence electrons. The molecule has 0 saturated carbocycles. The minimum atomic E-state index is -0.334. The number of halogens is 1. The van der Waals surface area contributed by atoms with E-state index in [0.29, 0.717) is 10.7 Å². The summed E-state index contributed by atoms with van der Waals surface area (Å²) in [5.41, 5.74) is 5.64. The lowest BCUT2D eigenvalue weighted by Gasteiger charge is -2.21. The average Bonchev–Trinajstić information content (AvgIpc) is 2.87. The van der Waals surface area contributed by atoms with Crippen LogP contribution in [0.5, 0.6) is 0 Å². The van der Waals surface area contributed by atoms with Gasteiger partial charge in [-0.15, -0.1) is 0 Å². The largest absolute Gasteiger partial charge is 0.354 e. The first kappa shape index (κ1) is 20.8. The van der Waals surface area contributed by atoms with Gasteiger partial charge in [0.1, 0.15) is 0 Å². The van der Waals surface area contributed by atoms with Gasteiger partial charge in [-0.2, -0.15) is 4.98 Å². The highest BCUT2D eigenvalue weighted by atomic mass is 35.5. The molecule has 0 radical (unpaired) electrons. The number of benzene rings is 4. The van der Waals surface area contributed by atoms with Crippen LogP contribution in [0.4, 0.5) is 11.4 Å². The Morgan fingerprint density at radius 2 is 1.44 bits per heavy atom. The highest BCUT2D eigenvalue weighted by molar-refractivity contribution is 7.99. The molecule has 0 aliphatic carbocycles. The smallest absolute Gasteiger partial charge is 0.353 e. The monoisotopic (exact) mass is 479 g/mol. The normalized spacial score (nSPS) is 11.9. The van der Waals surface area contributed by atoms with E-state index in [-0.39, 0.29) is 5.69 Å². The Hall–Kier alpha value is -3.80. The molecule has 0 saturated heterocycles. The van der Waals surface area contributed by atoms with Gasteiger partial charge >= 0.3 is 5.69 Å². The molecular formula is C28H18ClN3OS. The van der Waals surface area contributed by atoms with Gasteiger partial charge in [-0.05, 0) is 60.2 Å². The lowest BCUT2D eigenvalue weighted by atomic mass is 10.1. The highest BCUT2D eigenvalue weighted by Crippen LogP contribution is 2.45. The van der Waals surface area contributed by atoms with Crippen molar-refractivity contribution < 1.29 is 0 Å². The Kier molecular flexibility index (Phi) is 5.21. The van der Waals surface area contributed by atoms with Gasteiger partial charge in [0.05, 0.1) is 28.5 Å². The van der Waals surface area contributed by atoms with Gasteiger partial charge in [0.25, 0.3) is 0 Å². The van der Waals surface area contributed by atoms with Crippen LogP contribution in [-0.4, -0.2) is 9.55 Å². The fraction of sp³-hybridized carbons (Fsp3) is 0. The number of nitrogens with zero attached hydrogens (tertiary/aromatic N) is 2. The molecule has 0 amide bonds. The van der Waals surface area contributed by atoms with E-state index in [1.807, 2.05) is 78.9 Å². The van der Waals surface area contributed by atoms with Crippen molar-refractivity contribution in [2.75, 3.05) is 5.32 Å². The Morgan fingerprint density at radius 3 is 2.26 bits per heavy atom. The fourth-order valence-electron chi connectivity index (χ4n) is 4.09. The number of para-hydroxylation sites is 2. The second-order valence-electron chi connectivity index (χ2n) is 7.92. The van der Waals surface area contributed by atoms with Crippen molar-refractivity contribution in [2.45, 2.75) is 9.79 Å². The van der Waals surface area contributed by atoms with Crippen LogP contribution < -0.4 is 11.0 Å². The van der Waals surface area contributed by atoms with Crippen molar-refractivity contribution in [2.24, 2.45) is 0 Å². The van der Waals surface area contributed by atoms with Crippen LogP contribution in [0, 0.1) is 0 Å². The Bertz CT molecular complexity index is 1580. The summed E-state index contributed by atoms with van der Waals surface area (Å²) < 4.78 is 1.63. The third-order valence-electron chi connectivity index (χ3n) is 5.73. The van der Waals surface area contributed by atoms with E-state index in [2.05, 4.69) is 34.6 Å². The van der Waals surface area contributed by atoms with Crippen LogP contribution in [0.3, 0.4) is 0 Å². The quantitative estimate of drug-likeness (QED) is 0.286. The van der Waals surface area contributed by atoms with Gasteiger partial charge in [0.15, 0.2) is 0 Å².